The quantitative estimate of drug-likeness (QED) is 0.119. The van der Waals surface area contributed by atoms with E-state index in [2.05, 4.69) is 97.3 Å². The van der Waals surface area contributed by atoms with Gasteiger partial charge in [-0.15, -0.1) is 22.7 Å². The maximum absolute atomic E-state index is 12.7. The zero-order valence-electron chi connectivity index (χ0n) is 27.6. The summed E-state index contributed by atoms with van der Waals surface area (Å²) in [5.41, 5.74) is 8.34. The van der Waals surface area contributed by atoms with E-state index in [0.29, 0.717) is 10.3 Å². The number of amides is 2. The number of carbonyl (C=O) groups excluding carboxylic acids is 2. The molecule has 0 bridgehead atoms. The lowest BCUT2D eigenvalue weighted by atomic mass is 10.0. The van der Waals surface area contributed by atoms with Crippen LogP contribution in [0, 0.1) is 0 Å². The maximum atomic E-state index is 12.7. The summed E-state index contributed by atoms with van der Waals surface area (Å²) in [5, 5.41) is 6.73. The van der Waals surface area contributed by atoms with Crippen molar-refractivity contribution in [3.05, 3.63) is 119 Å². The number of carbonyl (C=O) groups is 2. The number of thiazole rings is 2. The van der Waals surface area contributed by atoms with E-state index in [0.717, 1.165) is 80.2 Å². The zero-order chi connectivity index (χ0) is 34.0. The molecule has 0 atom stereocenters. The molecule has 6 aromatic rings. The van der Waals surface area contributed by atoms with Crippen LogP contribution < -0.4 is 10.6 Å². The monoisotopic (exact) mass is 686 g/mol. The maximum Gasteiger partial charge on any atom is 0.252 e. The molecule has 0 fully saturated rings. The Morgan fingerprint density at radius 3 is 1.24 bits per heavy atom. The first-order valence-corrected chi connectivity index (χ1v) is 18.1. The molecule has 0 radical (unpaired) electrons. The topological polar surface area (TPSA) is 93.2 Å². The predicted molar refractivity (Wildman–Crippen MR) is 202 cm³/mol. The predicted octanol–water partition coefficient (Wildman–Crippen LogP) is 9.77. The Hall–Kier alpha value is -4.96. The summed E-state index contributed by atoms with van der Waals surface area (Å²) in [6.45, 7) is 3.71. The Kier molecular flexibility index (Phi) is 11.4. The molecule has 0 spiro atoms. The van der Waals surface area contributed by atoms with Gasteiger partial charge in [-0.1, -0.05) is 136 Å². The van der Waals surface area contributed by atoms with E-state index >= 15 is 0 Å². The van der Waals surface area contributed by atoms with Crippen LogP contribution in [0.25, 0.3) is 44.8 Å². The second-order valence-corrected chi connectivity index (χ2v) is 13.7. The molecule has 248 valence electrons. The highest BCUT2D eigenvalue weighted by Gasteiger charge is 2.17. The van der Waals surface area contributed by atoms with Gasteiger partial charge in [0.25, 0.3) is 11.8 Å². The van der Waals surface area contributed by atoms with Gasteiger partial charge in [-0.2, -0.15) is 0 Å². The number of ether oxygens (including phenoxy) is 1. The van der Waals surface area contributed by atoms with E-state index in [1.165, 1.54) is 22.7 Å². The first kappa shape index (κ1) is 33.9. The number of nitrogens with one attached hydrogen (secondary N) is 2. The smallest absolute Gasteiger partial charge is 0.252 e. The summed E-state index contributed by atoms with van der Waals surface area (Å²) in [5.74, 6) is -0.729. The van der Waals surface area contributed by atoms with E-state index in [4.69, 9.17) is 14.7 Å². The minimum absolute atomic E-state index is 0.269. The van der Waals surface area contributed by atoms with Crippen molar-refractivity contribution in [1.29, 1.82) is 0 Å². The average Bonchev–Trinajstić information content (AvgIpc) is 3.72. The van der Waals surface area contributed by atoms with Crippen LogP contribution in [0.2, 0.25) is 0 Å². The van der Waals surface area contributed by atoms with E-state index in [-0.39, 0.29) is 25.0 Å². The number of hydrogen-bond donors (Lipinski definition) is 2. The van der Waals surface area contributed by atoms with Gasteiger partial charge in [0, 0.05) is 20.9 Å². The number of benzene rings is 4. The van der Waals surface area contributed by atoms with Gasteiger partial charge in [-0.25, -0.2) is 9.97 Å². The third-order valence-corrected chi connectivity index (χ3v) is 9.90. The molecule has 7 nitrogen and oxygen atoms in total. The number of aromatic nitrogens is 2. The summed E-state index contributed by atoms with van der Waals surface area (Å²) >= 11 is 2.94. The van der Waals surface area contributed by atoms with Gasteiger partial charge in [-0.05, 0) is 35.1 Å². The van der Waals surface area contributed by atoms with E-state index < -0.39 is 0 Å². The molecule has 0 aliphatic heterocycles. The average molecular weight is 687 g/mol. The first-order chi connectivity index (χ1) is 24.0. The van der Waals surface area contributed by atoms with Crippen LogP contribution in [0.5, 0.6) is 0 Å². The molecule has 2 amide bonds. The summed E-state index contributed by atoms with van der Waals surface area (Å²) in [4.78, 5) is 37.2. The fourth-order valence-electron chi connectivity index (χ4n) is 5.50. The van der Waals surface area contributed by atoms with Crippen molar-refractivity contribution in [2.75, 3.05) is 23.8 Å². The normalized spacial score (nSPS) is 11.0. The summed E-state index contributed by atoms with van der Waals surface area (Å²) in [7, 11) is 0. The van der Waals surface area contributed by atoms with Crippen molar-refractivity contribution in [2.45, 2.75) is 39.5 Å². The van der Waals surface area contributed by atoms with Gasteiger partial charge in [0.2, 0.25) is 0 Å². The summed E-state index contributed by atoms with van der Waals surface area (Å²) in [6.07, 6.45) is 3.64. The molecule has 9 heteroatoms. The lowest BCUT2D eigenvalue weighted by Crippen LogP contribution is -2.23. The Labute approximate surface area is 295 Å². The van der Waals surface area contributed by atoms with Gasteiger partial charge in [0.05, 0.1) is 11.4 Å². The summed E-state index contributed by atoms with van der Waals surface area (Å²) in [6, 6.07) is 37.1. The largest absolute Gasteiger partial charge is 0.362 e. The Balaban J connectivity index is 1.03. The summed E-state index contributed by atoms with van der Waals surface area (Å²) < 4.78 is 5.48. The molecule has 0 aliphatic carbocycles. The Morgan fingerprint density at radius 1 is 0.531 bits per heavy atom. The third-order valence-electron chi connectivity index (χ3n) is 7.84. The number of nitrogens with zero attached hydrogens (tertiary/aromatic N) is 2. The fraction of sp³-hybridized carbons (Fsp3) is 0.200. The second kappa shape index (κ2) is 16.4. The Bertz CT molecular complexity index is 1840. The van der Waals surface area contributed by atoms with E-state index in [9.17, 15) is 9.59 Å². The lowest BCUT2D eigenvalue weighted by molar-refractivity contribution is -0.125. The van der Waals surface area contributed by atoms with Gasteiger partial charge >= 0.3 is 0 Å². The van der Waals surface area contributed by atoms with Crippen LogP contribution in [0.4, 0.5) is 10.3 Å². The second-order valence-electron chi connectivity index (χ2n) is 11.6. The molecule has 0 saturated carbocycles. The van der Waals surface area contributed by atoms with Gasteiger partial charge in [0.1, 0.15) is 13.2 Å². The van der Waals surface area contributed by atoms with Crippen LogP contribution in [0.3, 0.4) is 0 Å². The fourth-order valence-corrected chi connectivity index (χ4v) is 7.71. The minimum atomic E-state index is -0.365. The molecule has 4 aromatic carbocycles. The molecule has 49 heavy (non-hydrogen) atoms. The molecule has 2 aromatic heterocycles. The van der Waals surface area contributed by atoms with Crippen molar-refractivity contribution in [3.8, 4) is 44.8 Å². The Morgan fingerprint density at radius 2 is 0.878 bits per heavy atom. The van der Waals surface area contributed by atoms with Gasteiger partial charge < -0.3 is 4.74 Å². The lowest BCUT2D eigenvalue weighted by Gasteiger charge is -2.05. The van der Waals surface area contributed by atoms with Crippen molar-refractivity contribution in [3.63, 3.8) is 0 Å². The van der Waals surface area contributed by atoms with Gasteiger partial charge in [-0.3, -0.25) is 20.2 Å². The molecule has 6 rings (SSSR count). The van der Waals surface area contributed by atoms with E-state index in [1.807, 2.05) is 36.4 Å². The minimum Gasteiger partial charge on any atom is -0.362 e. The highest BCUT2D eigenvalue weighted by Crippen LogP contribution is 2.35. The highest BCUT2D eigenvalue weighted by molar-refractivity contribution is 7.16. The third kappa shape index (κ3) is 8.75. The zero-order valence-corrected chi connectivity index (χ0v) is 29.2. The van der Waals surface area contributed by atoms with Crippen LogP contribution in [0.15, 0.2) is 109 Å². The van der Waals surface area contributed by atoms with Crippen LogP contribution in [0.1, 0.15) is 36.4 Å². The van der Waals surface area contributed by atoms with E-state index in [1.54, 1.807) is 0 Å². The number of hydrogen-bond acceptors (Lipinski definition) is 7. The molecule has 2 N–H and O–H groups in total. The molecule has 0 aliphatic rings. The molecule has 0 saturated heterocycles. The highest BCUT2D eigenvalue weighted by atomic mass is 32.1. The molecular formula is C40H38N4O3S2. The first-order valence-electron chi connectivity index (χ1n) is 16.5. The van der Waals surface area contributed by atoms with Crippen molar-refractivity contribution < 1.29 is 14.3 Å². The van der Waals surface area contributed by atoms with Crippen LogP contribution in [-0.2, 0) is 27.2 Å². The molecule has 2 heterocycles. The van der Waals surface area contributed by atoms with Crippen molar-refractivity contribution >= 4 is 44.8 Å². The van der Waals surface area contributed by atoms with Crippen LogP contribution in [-0.4, -0.2) is 35.0 Å². The van der Waals surface area contributed by atoms with Gasteiger partial charge in [0.15, 0.2) is 10.3 Å². The van der Waals surface area contributed by atoms with Crippen molar-refractivity contribution in [1.82, 2.24) is 9.97 Å². The van der Waals surface area contributed by atoms with Crippen LogP contribution >= 0.6 is 22.7 Å². The standard InChI is InChI=1S/C40H38N4O3S2/c1-3-11-33-37(31-21-17-29(18-22-31)27-13-7-5-8-14-27)43-39(48-33)41-35(45)25-47-26-36(46)42-40-44-38(34(49-40)12-4-2)32-23-19-30(20-24-32)28-15-9-6-10-16-28/h5-10,13-24H,3-4,11-12,25-26H2,1-2H3,(H,41,43,45)(H,42,44,46). The van der Waals surface area contributed by atoms with Crippen molar-refractivity contribution in [2.24, 2.45) is 0 Å². The SMILES string of the molecule is CCCc1sc(NC(=O)COCC(=O)Nc2nc(-c3ccc(-c4ccccc4)cc3)c(CCC)s2)nc1-c1ccc(-c2ccccc2)cc1. The molecule has 0 unspecified atom stereocenters. The molecular weight excluding hydrogens is 649 g/mol. The number of anilines is 2. The number of aryl methyl sites for hydroxylation is 2. The number of rotatable bonds is 14.